The van der Waals surface area contributed by atoms with Crippen LogP contribution in [0.2, 0.25) is 0 Å². The van der Waals surface area contributed by atoms with Gasteiger partial charge in [-0.25, -0.2) is 4.68 Å². The van der Waals surface area contributed by atoms with Crippen LogP contribution in [0.3, 0.4) is 0 Å². The van der Waals surface area contributed by atoms with Crippen LogP contribution >= 0.6 is 0 Å². The Morgan fingerprint density at radius 1 is 1.10 bits per heavy atom. The van der Waals surface area contributed by atoms with Gasteiger partial charge in [0.2, 0.25) is 5.69 Å². The first-order chi connectivity index (χ1) is 14.1. The average Bonchev–Trinajstić information content (AvgIpc) is 3.22. The number of carbonyl (C=O) groups is 1. The second-order valence-electron chi connectivity index (χ2n) is 6.24. The van der Waals surface area contributed by atoms with Gasteiger partial charge in [0, 0.05) is 17.2 Å². The molecule has 0 fully saturated rings. The monoisotopic (exact) mass is 385 g/mol. The third-order valence-corrected chi connectivity index (χ3v) is 4.45. The van der Waals surface area contributed by atoms with E-state index < -0.39 is 5.56 Å². The summed E-state index contributed by atoms with van der Waals surface area (Å²) in [7, 11) is 1.55. The van der Waals surface area contributed by atoms with Crippen molar-refractivity contribution in [2.75, 3.05) is 7.11 Å². The Bertz CT molecular complexity index is 1300. The summed E-state index contributed by atoms with van der Waals surface area (Å²) in [5.74, 6) is 0.414. The molecule has 4 aromatic rings. The van der Waals surface area contributed by atoms with Gasteiger partial charge in [-0.1, -0.05) is 30.3 Å². The highest BCUT2D eigenvalue weighted by atomic mass is 16.5. The average molecular weight is 385 g/mol. The lowest BCUT2D eigenvalue weighted by Crippen LogP contribution is -2.26. The minimum Gasteiger partial charge on any atom is -0.497 e. The van der Waals surface area contributed by atoms with Crippen LogP contribution in [0.4, 0.5) is 0 Å². The number of benzene rings is 2. The van der Waals surface area contributed by atoms with Crippen LogP contribution in [-0.2, 0) is 6.54 Å². The van der Waals surface area contributed by atoms with Crippen molar-refractivity contribution in [1.82, 2.24) is 19.4 Å². The van der Waals surface area contributed by atoms with E-state index >= 15 is 0 Å². The van der Waals surface area contributed by atoms with E-state index in [1.165, 1.54) is 4.68 Å². The number of rotatable bonds is 5. The zero-order valence-corrected chi connectivity index (χ0v) is 15.4. The van der Waals surface area contributed by atoms with Gasteiger partial charge in [-0.05, 0) is 24.3 Å². The molecule has 0 bridgehead atoms. The molecule has 0 N–H and O–H groups in total. The summed E-state index contributed by atoms with van der Waals surface area (Å²) >= 11 is 0. The van der Waals surface area contributed by atoms with E-state index in [-0.39, 0.29) is 18.0 Å². The molecule has 0 atom stereocenters. The zero-order chi connectivity index (χ0) is 20.4. The molecule has 0 radical (unpaired) electrons. The quantitative estimate of drug-likeness (QED) is 0.489. The third kappa shape index (κ3) is 3.37. The molecule has 8 nitrogen and oxygen atoms in total. The lowest BCUT2D eigenvalue weighted by Gasteiger charge is -2.07. The van der Waals surface area contributed by atoms with Crippen molar-refractivity contribution < 1.29 is 9.53 Å². The number of nitriles is 1. The lowest BCUT2D eigenvalue weighted by molar-refractivity contribution is 0.0968. The fourth-order valence-corrected chi connectivity index (χ4v) is 2.96. The molecular weight excluding hydrogens is 370 g/mol. The van der Waals surface area contributed by atoms with Gasteiger partial charge in [-0.15, -0.1) is 0 Å². The van der Waals surface area contributed by atoms with E-state index in [1.807, 2.05) is 30.3 Å². The number of aromatic nitrogens is 4. The number of ketones is 1. The third-order valence-electron chi connectivity index (χ3n) is 4.45. The van der Waals surface area contributed by atoms with Crippen LogP contribution in [0.15, 0.2) is 65.5 Å². The zero-order valence-electron chi connectivity index (χ0n) is 15.4. The molecule has 2 aromatic carbocycles. The van der Waals surface area contributed by atoms with Gasteiger partial charge in [0.05, 0.1) is 12.8 Å². The number of fused-ring (bicyclic) bond motifs is 1. The summed E-state index contributed by atoms with van der Waals surface area (Å²) in [6.45, 7) is -0.148. The maximum atomic E-state index is 12.7. The maximum absolute atomic E-state index is 12.7. The van der Waals surface area contributed by atoms with Crippen molar-refractivity contribution >= 4 is 11.4 Å². The van der Waals surface area contributed by atoms with Crippen molar-refractivity contribution in [3.63, 3.8) is 0 Å². The maximum Gasteiger partial charge on any atom is 0.311 e. The second-order valence-corrected chi connectivity index (χ2v) is 6.24. The van der Waals surface area contributed by atoms with Crippen LogP contribution in [0.5, 0.6) is 5.75 Å². The molecule has 0 saturated carbocycles. The molecule has 0 saturated heterocycles. The number of nitrogens with zero attached hydrogens (tertiary/aromatic N) is 5. The van der Waals surface area contributed by atoms with Crippen LogP contribution < -0.4 is 10.3 Å². The molecule has 0 amide bonds. The Morgan fingerprint density at radius 3 is 2.48 bits per heavy atom. The highest BCUT2D eigenvalue weighted by Crippen LogP contribution is 2.19. The molecular formula is C21H15N5O3. The first kappa shape index (κ1) is 18.1. The summed E-state index contributed by atoms with van der Waals surface area (Å²) in [6, 6.07) is 19.4. The van der Waals surface area contributed by atoms with E-state index in [0.29, 0.717) is 22.7 Å². The molecule has 29 heavy (non-hydrogen) atoms. The number of hydrogen-bond acceptors (Lipinski definition) is 6. The molecule has 8 heteroatoms. The summed E-state index contributed by atoms with van der Waals surface area (Å²) in [4.78, 5) is 25.2. The summed E-state index contributed by atoms with van der Waals surface area (Å²) in [6.07, 6.45) is 0. The Hall–Kier alpha value is -4.25. The van der Waals surface area contributed by atoms with Crippen LogP contribution in [0, 0.1) is 11.3 Å². The number of hydrogen-bond donors (Lipinski definition) is 0. The summed E-state index contributed by atoms with van der Waals surface area (Å²) in [5.41, 5.74) is 1.19. The molecule has 2 aromatic heterocycles. The summed E-state index contributed by atoms with van der Waals surface area (Å²) in [5, 5.41) is 17.6. The predicted molar refractivity (Wildman–Crippen MR) is 105 cm³/mol. The minimum atomic E-state index is -0.627. The first-order valence-electron chi connectivity index (χ1n) is 8.74. The van der Waals surface area contributed by atoms with Gasteiger partial charge in [-0.3, -0.25) is 9.59 Å². The van der Waals surface area contributed by atoms with Crippen molar-refractivity contribution in [2.24, 2.45) is 0 Å². The molecule has 0 spiro atoms. The lowest BCUT2D eigenvalue weighted by atomic mass is 10.1. The highest BCUT2D eigenvalue weighted by Gasteiger charge is 2.17. The van der Waals surface area contributed by atoms with Crippen LogP contribution in [-0.4, -0.2) is 32.3 Å². The molecule has 0 aliphatic carbocycles. The van der Waals surface area contributed by atoms with E-state index in [9.17, 15) is 14.9 Å². The smallest absolute Gasteiger partial charge is 0.311 e. The minimum absolute atomic E-state index is 0.148. The van der Waals surface area contributed by atoms with E-state index in [0.717, 1.165) is 10.1 Å². The van der Waals surface area contributed by atoms with E-state index in [2.05, 4.69) is 10.2 Å². The van der Waals surface area contributed by atoms with Gasteiger partial charge in [0.25, 0.3) is 0 Å². The molecule has 0 aliphatic rings. The van der Waals surface area contributed by atoms with Crippen LogP contribution in [0.1, 0.15) is 16.1 Å². The Kier molecular flexibility index (Phi) is 4.63. The molecule has 0 aliphatic heterocycles. The Morgan fingerprint density at radius 2 is 1.83 bits per heavy atom. The van der Waals surface area contributed by atoms with Crippen LogP contribution in [0.25, 0.3) is 16.9 Å². The molecule has 2 heterocycles. The summed E-state index contributed by atoms with van der Waals surface area (Å²) < 4.78 is 7.53. The fraction of sp³-hybridized carbons (Fsp3) is 0.0952. The van der Waals surface area contributed by atoms with Crippen molar-refractivity contribution in [3.8, 4) is 23.1 Å². The normalized spacial score (nSPS) is 10.6. The number of methoxy groups -OCH3 is 1. The molecule has 4 rings (SSSR count). The number of carbonyl (C=O) groups excluding carboxylic acids is 1. The van der Waals surface area contributed by atoms with Gasteiger partial charge in [0.15, 0.2) is 11.4 Å². The topological polar surface area (TPSA) is 102 Å². The molecule has 0 unspecified atom stereocenters. The van der Waals surface area contributed by atoms with Crippen molar-refractivity contribution in [1.29, 1.82) is 5.26 Å². The second kappa shape index (κ2) is 7.40. The molecule has 142 valence electrons. The fourth-order valence-electron chi connectivity index (χ4n) is 2.96. The van der Waals surface area contributed by atoms with Gasteiger partial charge < -0.3 is 4.74 Å². The number of ether oxygens (including phenoxy) is 1. The van der Waals surface area contributed by atoms with E-state index in [1.54, 1.807) is 43.5 Å². The Labute approximate surface area is 165 Å². The Balaban J connectivity index is 1.79. The van der Waals surface area contributed by atoms with Crippen molar-refractivity contribution in [3.05, 3.63) is 82.3 Å². The largest absolute Gasteiger partial charge is 0.497 e. The highest BCUT2D eigenvalue weighted by molar-refractivity contribution is 5.96. The number of Topliss-reactive ketones (excluding diaryl/α,β-unsaturated/α-hetero) is 1. The van der Waals surface area contributed by atoms with Gasteiger partial charge >= 0.3 is 5.56 Å². The van der Waals surface area contributed by atoms with Gasteiger partial charge in [-0.2, -0.15) is 20.0 Å². The van der Waals surface area contributed by atoms with Crippen molar-refractivity contribution in [2.45, 2.75) is 6.54 Å². The van der Waals surface area contributed by atoms with Gasteiger partial charge in [0.1, 0.15) is 18.4 Å². The predicted octanol–water partition coefficient (Wildman–Crippen LogP) is 2.32. The SMILES string of the molecule is COc1ccc(C(=O)Cn2nc(C#N)c(=O)n3nc(-c4ccccc4)cc23)cc1. The first-order valence-corrected chi connectivity index (χ1v) is 8.74. The van der Waals surface area contributed by atoms with E-state index in [4.69, 9.17) is 4.74 Å². The standard InChI is InChI=1S/C21H15N5O3/c1-29-16-9-7-15(8-10-16)19(27)13-25-20-11-17(14-5-3-2-4-6-14)24-26(20)21(28)18(12-22)23-25/h2-11H,13H2,1H3.